The Balaban J connectivity index is 0.000000399. The van der Waals surface area contributed by atoms with Crippen LogP contribution in [-0.4, -0.2) is 52.9 Å². The quantitative estimate of drug-likeness (QED) is 0.769. The molecule has 1 heterocycles. The zero-order valence-electron chi connectivity index (χ0n) is 10.6. The van der Waals surface area contributed by atoms with E-state index in [1.807, 2.05) is 0 Å². The van der Waals surface area contributed by atoms with Crippen molar-refractivity contribution in [2.75, 3.05) is 19.6 Å². The van der Waals surface area contributed by atoms with Crippen molar-refractivity contribution in [2.45, 2.75) is 20.0 Å². The minimum absolute atomic E-state index is 0.428. The van der Waals surface area contributed by atoms with E-state index in [0.717, 1.165) is 19.6 Å². The van der Waals surface area contributed by atoms with E-state index in [9.17, 15) is 18.0 Å². The number of halogens is 3. The second-order valence-corrected chi connectivity index (χ2v) is 4.88. The highest BCUT2D eigenvalue weighted by molar-refractivity contribution is 5.79. The molecule has 0 aromatic heterocycles. The second kappa shape index (κ2) is 6.55. The van der Waals surface area contributed by atoms with E-state index in [4.69, 9.17) is 15.0 Å². The fraction of sp³-hybridized carbons (Fsp3) is 0.636. The van der Waals surface area contributed by atoms with E-state index in [1.165, 1.54) is 6.08 Å². The molecule has 110 valence electrons. The van der Waals surface area contributed by atoms with Crippen molar-refractivity contribution >= 4 is 11.9 Å². The van der Waals surface area contributed by atoms with Crippen molar-refractivity contribution in [3.63, 3.8) is 0 Å². The number of likely N-dealkylation sites (tertiary alicyclic amines) is 1. The van der Waals surface area contributed by atoms with Gasteiger partial charge in [0.15, 0.2) is 0 Å². The summed E-state index contributed by atoms with van der Waals surface area (Å²) in [6.45, 7) is 7.32. The van der Waals surface area contributed by atoms with Gasteiger partial charge in [-0.25, -0.2) is 9.59 Å². The zero-order valence-corrected chi connectivity index (χ0v) is 10.6. The largest absolute Gasteiger partial charge is 0.490 e. The van der Waals surface area contributed by atoms with Crippen LogP contribution in [0.4, 0.5) is 13.2 Å². The summed E-state index contributed by atoms with van der Waals surface area (Å²) >= 11 is 0. The molecule has 0 radical (unpaired) electrons. The third-order valence-corrected chi connectivity index (χ3v) is 2.17. The summed E-state index contributed by atoms with van der Waals surface area (Å²) in [4.78, 5) is 21.2. The smallest absolute Gasteiger partial charge is 0.478 e. The topological polar surface area (TPSA) is 77.8 Å². The molecule has 1 saturated heterocycles. The zero-order chi connectivity index (χ0) is 15.3. The standard InChI is InChI=1S/C9H15NO2.C2HF3O2/c1-9(2)6-10(7-9)5-3-4-8(11)12;3-2(4,5)1(6)7/h3-4H,5-7H2,1-2H3,(H,11,12);(H,6,7)/b4-3+;. The lowest BCUT2D eigenvalue weighted by molar-refractivity contribution is -0.192. The number of rotatable bonds is 3. The Bertz CT molecular complexity index is 355. The lowest BCUT2D eigenvalue weighted by Crippen LogP contribution is -2.52. The Hall–Kier alpha value is -1.57. The van der Waals surface area contributed by atoms with Gasteiger partial charge in [-0.3, -0.25) is 4.90 Å². The lowest BCUT2D eigenvalue weighted by Gasteiger charge is -2.45. The van der Waals surface area contributed by atoms with Gasteiger partial charge in [0, 0.05) is 25.7 Å². The van der Waals surface area contributed by atoms with Gasteiger partial charge in [0.1, 0.15) is 0 Å². The van der Waals surface area contributed by atoms with Crippen LogP contribution >= 0.6 is 0 Å². The van der Waals surface area contributed by atoms with E-state index >= 15 is 0 Å². The maximum Gasteiger partial charge on any atom is 0.490 e. The number of alkyl halides is 3. The first-order valence-electron chi connectivity index (χ1n) is 5.36. The van der Waals surface area contributed by atoms with Gasteiger partial charge in [-0.2, -0.15) is 13.2 Å². The summed E-state index contributed by atoms with van der Waals surface area (Å²) in [5.74, 6) is -3.62. The number of carbonyl (C=O) groups is 2. The fourth-order valence-electron chi connectivity index (χ4n) is 1.60. The molecule has 0 spiro atoms. The molecule has 5 nitrogen and oxygen atoms in total. The van der Waals surface area contributed by atoms with Crippen LogP contribution < -0.4 is 0 Å². The molecule has 0 saturated carbocycles. The Kier molecular flexibility index (Phi) is 6.01. The fourth-order valence-corrected chi connectivity index (χ4v) is 1.60. The van der Waals surface area contributed by atoms with Crippen molar-refractivity contribution in [1.29, 1.82) is 0 Å². The molecule has 0 unspecified atom stereocenters. The number of aliphatic carboxylic acids is 2. The van der Waals surface area contributed by atoms with Gasteiger partial charge in [-0.1, -0.05) is 19.9 Å². The molecular weight excluding hydrogens is 267 g/mol. The first-order chi connectivity index (χ1) is 8.44. The normalized spacial score (nSPS) is 18.4. The van der Waals surface area contributed by atoms with Crippen molar-refractivity contribution in [1.82, 2.24) is 4.90 Å². The van der Waals surface area contributed by atoms with Crippen molar-refractivity contribution < 1.29 is 33.0 Å². The van der Waals surface area contributed by atoms with Crippen molar-refractivity contribution in [2.24, 2.45) is 5.41 Å². The molecule has 1 aliphatic rings. The van der Waals surface area contributed by atoms with E-state index in [2.05, 4.69) is 18.7 Å². The molecule has 0 aromatic carbocycles. The molecule has 19 heavy (non-hydrogen) atoms. The Morgan fingerprint density at radius 2 is 1.68 bits per heavy atom. The molecule has 0 atom stereocenters. The van der Waals surface area contributed by atoms with Crippen molar-refractivity contribution in [3.05, 3.63) is 12.2 Å². The first-order valence-corrected chi connectivity index (χ1v) is 5.36. The van der Waals surface area contributed by atoms with Gasteiger partial charge in [0.05, 0.1) is 0 Å². The Morgan fingerprint density at radius 3 is 1.95 bits per heavy atom. The summed E-state index contributed by atoms with van der Waals surface area (Å²) in [5, 5.41) is 15.4. The average molecular weight is 283 g/mol. The molecular formula is C11H16F3NO4. The van der Waals surface area contributed by atoms with Gasteiger partial charge in [-0.15, -0.1) is 0 Å². The van der Waals surface area contributed by atoms with Crippen LogP contribution in [0.1, 0.15) is 13.8 Å². The number of nitrogens with zero attached hydrogens (tertiary/aromatic N) is 1. The summed E-state index contributed by atoms with van der Waals surface area (Å²) in [5.41, 5.74) is 0.428. The van der Waals surface area contributed by atoms with Crippen LogP contribution in [0.25, 0.3) is 0 Å². The van der Waals surface area contributed by atoms with Crippen LogP contribution in [0.2, 0.25) is 0 Å². The third kappa shape index (κ3) is 8.20. The number of carboxylic acid groups (broad SMARTS) is 2. The summed E-state index contributed by atoms with van der Waals surface area (Å²) < 4.78 is 31.7. The lowest BCUT2D eigenvalue weighted by atomic mass is 9.84. The SMILES string of the molecule is CC1(C)CN(C/C=C/C(=O)O)C1.O=C(O)C(F)(F)F. The Morgan fingerprint density at radius 1 is 1.26 bits per heavy atom. The highest BCUT2D eigenvalue weighted by Crippen LogP contribution is 2.27. The number of hydrogen-bond donors (Lipinski definition) is 2. The molecule has 2 N–H and O–H groups in total. The molecule has 1 rings (SSSR count). The molecule has 0 bridgehead atoms. The maximum absolute atomic E-state index is 10.6. The van der Waals surface area contributed by atoms with E-state index in [1.54, 1.807) is 6.08 Å². The van der Waals surface area contributed by atoms with Crippen LogP contribution in [0.5, 0.6) is 0 Å². The van der Waals surface area contributed by atoms with Gasteiger partial charge in [0.25, 0.3) is 0 Å². The van der Waals surface area contributed by atoms with Crippen LogP contribution in [0, 0.1) is 5.41 Å². The Labute approximate surface area is 108 Å². The summed E-state index contributed by atoms with van der Waals surface area (Å²) in [6, 6.07) is 0. The van der Waals surface area contributed by atoms with Gasteiger partial charge < -0.3 is 10.2 Å². The summed E-state index contributed by atoms with van der Waals surface area (Å²) in [7, 11) is 0. The number of hydrogen-bond acceptors (Lipinski definition) is 3. The van der Waals surface area contributed by atoms with E-state index in [0.29, 0.717) is 5.41 Å². The average Bonchev–Trinajstić information content (AvgIpc) is 2.13. The predicted octanol–water partition coefficient (Wildman–Crippen LogP) is 1.60. The highest BCUT2D eigenvalue weighted by atomic mass is 19.4. The molecule has 0 aromatic rings. The summed E-state index contributed by atoms with van der Waals surface area (Å²) in [6.07, 6.45) is -2.19. The molecule has 1 aliphatic heterocycles. The van der Waals surface area contributed by atoms with Crippen LogP contribution in [0.15, 0.2) is 12.2 Å². The molecule has 8 heteroatoms. The molecule has 0 aliphatic carbocycles. The second-order valence-electron chi connectivity index (χ2n) is 4.88. The van der Waals surface area contributed by atoms with E-state index < -0.39 is 18.1 Å². The first kappa shape index (κ1) is 17.4. The number of carboxylic acids is 2. The monoisotopic (exact) mass is 283 g/mol. The minimum Gasteiger partial charge on any atom is -0.478 e. The third-order valence-electron chi connectivity index (χ3n) is 2.17. The van der Waals surface area contributed by atoms with Gasteiger partial charge >= 0.3 is 18.1 Å². The highest BCUT2D eigenvalue weighted by Gasteiger charge is 2.38. The van der Waals surface area contributed by atoms with Gasteiger partial charge in [-0.05, 0) is 5.41 Å². The van der Waals surface area contributed by atoms with Crippen LogP contribution in [-0.2, 0) is 9.59 Å². The predicted molar refractivity (Wildman–Crippen MR) is 60.7 cm³/mol. The molecule has 0 amide bonds. The minimum atomic E-state index is -5.08. The van der Waals surface area contributed by atoms with Crippen molar-refractivity contribution in [3.8, 4) is 0 Å². The molecule has 1 fully saturated rings. The van der Waals surface area contributed by atoms with Gasteiger partial charge in [0.2, 0.25) is 0 Å². The van der Waals surface area contributed by atoms with E-state index in [-0.39, 0.29) is 0 Å². The van der Waals surface area contributed by atoms with Crippen LogP contribution in [0.3, 0.4) is 0 Å². The maximum atomic E-state index is 10.6.